The molecule has 1 N–H and O–H groups in total. The van der Waals surface area contributed by atoms with Gasteiger partial charge in [-0.05, 0) is 31.2 Å². The fraction of sp³-hybridized carbons (Fsp3) is 0.235. The molecule has 0 bridgehead atoms. The third-order valence-corrected chi connectivity index (χ3v) is 3.24. The zero-order chi connectivity index (χ0) is 15.4. The molecule has 1 atom stereocenters. The van der Waals surface area contributed by atoms with Crippen LogP contribution in [0, 0.1) is 0 Å². The largest absolute Gasteiger partial charge is 0.486 e. The summed E-state index contributed by atoms with van der Waals surface area (Å²) in [6, 6.07) is 14.6. The van der Waals surface area contributed by atoms with Gasteiger partial charge in [0.2, 0.25) is 0 Å². The van der Waals surface area contributed by atoms with Crippen molar-refractivity contribution in [2.75, 3.05) is 18.5 Å². The number of ether oxygens (including phenoxy) is 3. The van der Waals surface area contributed by atoms with E-state index < -0.39 is 6.10 Å². The van der Waals surface area contributed by atoms with Crippen LogP contribution in [0.5, 0.6) is 17.2 Å². The summed E-state index contributed by atoms with van der Waals surface area (Å²) < 4.78 is 16.5. The van der Waals surface area contributed by atoms with Gasteiger partial charge in [-0.2, -0.15) is 0 Å². The van der Waals surface area contributed by atoms with E-state index in [-0.39, 0.29) is 5.91 Å². The quantitative estimate of drug-likeness (QED) is 0.943. The first-order valence-corrected chi connectivity index (χ1v) is 7.14. The van der Waals surface area contributed by atoms with E-state index in [1.54, 1.807) is 25.1 Å². The molecule has 1 aliphatic heterocycles. The summed E-state index contributed by atoms with van der Waals surface area (Å²) in [6.07, 6.45) is -0.601. The van der Waals surface area contributed by atoms with Gasteiger partial charge in [0.05, 0.1) is 0 Å². The third-order valence-electron chi connectivity index (χ3n) is 3.24. The molecular weight excluding hydrogens is 282 g/mol. The van der Waals surface area contributed by atoms with Crippen LogP contribution in [0.2, 0.25) is 0 Å². The molecule has 1 heterocycles. The van der Waals surface area contributed by atoms with Gasteiger partial charge in [-0.15, -0.1) is 0 Å². The highest BCUT2D eigenvalue weighted by Gasteiger charge is 2.17. The minimum absolute atomic E-state index is 0.222. The molecule has 1 aliphatic rings. The number of amides is 1. The molecule has 2 aromatic carbocycles. The summed E-state index contributed by atoms with van der Waals surface area (Å²) in [5, 5.41) is 2.81. The number of benzene rings is 2. The Bertz CT molecular complexity index is 657. The molecule has 5 heteroatoms. The lowest BCUT2D eigenvalue weighted by Crippen LogP contribution is -2.30. The number of hydrogen-bond donors (Lipinski definition) is 1. The second kappa shape index (κ2) is 6.39. The highest BCUT2D eigenvalue weighted by atomic mass is 16.6. The molecule has 0 radical (unpaired) electrons. The van der Waals surface area contributed by atoms with Gasteiger partial charge >= 0.3 is 0 Å². The molecule has 0 aliphatic carbocycles. The van der Waals surface area contributed by atoms with Crippen LogP contribution >= 0.6 is 0 Å². The highest BCUT2D eigenvalue weighted by molar-refractivity contribution is 5.94. The fourth-order valence-corrected chi connectivity index (χ4v) is 2.12. The summed E-state index contributed by atoms with van der Waals surface area (Å²) in [4.78, 5) is 12.2. The van der Waals surface area contributed by atoms with E-state index in [1.165, 1.54) is 0 Å². The van der Waals surface area contributed by atoms with E-state index in [4.69, 9.17) is 14.2 Å². The van der Waals surface area contributed by atoms with E-state index in [2.05, 4.69) is 5.32 Å². The normalized spacial score (nSPS) is 14.0. The maximum atomic E-state index is 12.2. The number of anilines is 1. The minimum Gasteiger partial charge on any atom is -0.486 e. The third kappa shape index (κ3) is 3.31. The van der Waals surface area contributed by atoms with Gasteiger partial charge < -0.3 is 19.5 Å². The molecule has 0 spiro atoms. The molecule has 1 unspecified atom stereocenters. The van der Waals surface area contributed by atoms with Gasteiger partial charge in [0.1, 0.15) is 19.0 Å². The van der Waals surface area contributed by atoms with Crippen molar-refractivity contribution >= 4 is 11.6 Å². The first kappa shape index (κ1) is 14.3. The number of carbonyl (C=O) groups excluding carboxylic acids is 1. The zero-order valence-corrected chi connectivity index (χ0v) is 12.2. The van der Waals surface area contributed by atoms with Gasteiger partial charge in [0, 0.05) is 11.8 Å². The Morgan fingerprint density at radius 3 is 2.59 bits per heavy atom. The van der Waals surface area contributed by atoms with E-state index >= 15 is 0 Å². The van der Waals surface area contributed by atoms with Crippen LogP contribution in [0.15, 0.2) is 48.5 Å². The minimum atomic E-state index is -0.601. The van der Waals surface area contributed by atoms with Crippen LogP contribution in [0.25, 0.3) is 0 Å². The number of hydrogen-bond acceptors (Lipinski definition) is 4. The molecule has 0 fully saturated rings. The predicted octanol–water partition coefficient (Wildman–Crippen LogP) is 2.86. The lowest BCUT2D eigenvalue weighted by molar-refractivity contribution is -0.122. The van der Waals surface area contributed by atoms with E-state index in [9.17, 15) is 4.79 Å². The van der Waals surface area contributed by atoms with E-state index in [1.807, 2.05) is 30.3 Å². The van der Waals surface area contributed by atoms with Crippen molar-refractivity contribution in [1.29, 1.82) is 0 Å². The predicted molar refractivity (Wildman–Crippen MR) is 82.6 cm³/mol. The average Bonchev–Trinajstić information content (AvgIpc) is 2.55. The Labute approximate surface area is 128 Å². The first-order chi connectivity index (χ1) is 10.7. The number of nitrogens with one attached hydrogen (secondary N) is 1. The monoisotopic (exact) mass is 299 g/mol. The number of carbonyl (C=O) groups is 1. The van der Waals surface area contributed by atoms with Crippen LogP contribution in [-0.4, -0.2) is 25.2 Å². The van der Waals surface area contributed by atoms with Crippen molar-refractivity contribution in [2.45, 2.75) is 13.0 Å². The fourth-order valence-electron chi connectivity index (χ4n) is 2.12. The molecule has 0 saturated heterocycles. The van der Waals surface area contributed by atoms with E-state index in [0.29, 0.717) is 36.1 Å². The Morgan fingerprint density at radius 2 is 1.82 bits per heavy atom. The van der Waals surface area contributed by atoms with Crippen LogP contribution in [-0.2, 0) is 4.79 Å². The van der Waals surface area contributed by atoms with E-state index in [0.717, 1.165) is 0 Å². The molecule has 2 aromatic rings. The van der Waals surface area contributed by atoms with Crippen molar-refractivity contribution < 1.29 is 19.0 Å². The topological polar surface area (TPSA) is 56.8 Å². The van der Waals surface area contributed by atoms with Crippen molar-refractivity contribution in [2.24, 2.45) is 0 Å². The number of fused-ring (bicyclic) bond motifs is 1. The Balaban J connectivity index is 1.63. The molecular formula is C17H17NO4. The van der Waals surface area contributed by atoms with Crippen molar-refractivity contribution in [1.82, 2.24) is 0 Å². The highest BCUT2D eigenvalue weighted by Crippen LogP contribution is 2.32. The van der Waals surface area contributed by atoms with Gasteiger partial charge in [-0.25, -0.2) is 0 Å². The molecule has 0 aromatic heterocycles. The average molecular weight is 299 g/mol. The maximum absolute atomic E-state index is 12.2. The molecule has 3 rings (SSSR count). The molecule has 114 valence electrons. The summed E-state index contributed by atoms with van der Waals surface area (Å²) in [7, 11) is 0. The second-order valence-electron chi connectivity index (χ2n) is 4.92. The van der Waals surface area contributed by atoms with Crippen LogP contribution in [0.4, 0.5) is 5.69 Å². The SMILES string of the molecule is CC(Oc1ccccc1)C(=O)Nc1ccc2c(c1)OCCO2. The van der Waals surface area contributed by atoms with Crippen LogP contribution < -0.4 is 19.5 Å². The lowest BCUT2D eigenvalue weighted by Gasteiger charge is -2.19. The Hall–Kier alpha value is -2.69. The first-order valence-electron chi connectivity index (χ1n) is 7.14. The Kier molecular flexibility index (Phi) is 4.14. The summed E-state index contributed by atoms with van der Waals surface area (Å²) in [5.41, 5.74) is 0.651. The Morgan fingerprint density at radius 1 is 1.09 bits per heavy atom. The number of para-hydroxylation sites is 1. The molecule has 22 heavy (non-hydrogen) atoms. The van der Waals surface area contributed by atoms with Crippen LogP contribution in [0.3, 0.4) is 0 Å². The maximum Gasteiger partial charge on any atom is 0.265 e. The van der Waals surface area contributed by atoms with Crippen molar-refractivity contribution in [3.8, 4) is 17.2 Å². The smallest absolute Gasteiger partial charge is 0.265 e. The molecule has 5 nitrogen and oxygen atoms in total. The molecule has 0 saturated carbocycles. The molecule has 1 amide bonds. The summed E-state index contributed by atoms with van der Waals surface area (Å²) in [6.45, 7) is 2.76. The summed E-state index contributed by atoms with van der Waals surface area (Å²) >= 11 is 0. The van der Waals surface area contributed by atoms with Gasteiger partial charge in [0.25, 0.3) is 5.91 Å². The second-order valence-corrected chi connectivity index (χ2v) is 4.92. The number of rotatable bonds is 4. The van der Waals surface area contributed by atoms with Crippen molar-refractivity contribution in [3.05, 3.63) is 48.5 Å². The lowest BCUT2D eigenvalue weighted by atomic mass is 10.2. The van der Waals surface area contributed by atoms with Gasteiger partial charge in [-0.3, -0.25) is 4.79 Å². The van der Waals surface area contributed by atoms with Crippen molar-refractivity contribution in [3.63, 3.8) is 0 Å². The summed E-state index contributed by atoms with van der Waals surface area (Å²) in [5.74, 6) is 1.77. The zero-order valence-electron chi connectivity index (χ0n) is 12.2. The van der Waals surface area contributed by atoms with Gasteiger partial charge in [-0.1, -0.05) is 18.2 Å². The standard InChI is InChI=1S/C17H17NO4/c1-12(22-14-5-3-2-4-6-14)17(19)18-13-7-8-15-16(11-13)21-10-9-20-15/h2-8,11-12H,9-10H2,1H3,(H,18,19). The van der Waals surface area contributed by atoms with Gasteiger partial charge in [0.15, 0.2) is 17.6 Å². The van der Waals surface area contributed by atoms with Crippen LogP contribution in [0.1, 0.15) is 6.92 Å².